The molecule has 0 bridgehead atoms. The Morgan fingerprint density at radius 3 is 2.37 bits per heavy atom. The fourth-order valence-electron chi connectivity index (χ4n) is 1.36. The Morgan fingerprint density at radius 1 is 1.21 bits per heavy atom. The summed E-state index contributed by atoms with van der Waals surface area (Å²) in [6, 6.07) is 8.97. The molecule has 0 radical (unpaired) electrons. The Labute approximate surface area is 110 Å². The highest BCUT2D eigenvalue weighted by Gasteiger charge is 2.19. The first kappa shape index (κ1) is 14.7. The van der Waals surface area contributed by atoms with Crippen LogP contribution < -0.4 is 0 Å². The van der Waals surface area contributed by atoms with Gasteiger partial charge in [-0.05, 0) is 5.56 Å². The Morgan fingerprint density at radius 2 is 1.84 bits per heavy atom. The predicted molar refractivity (Wildman–Crippen MR) is 65.9 cm³/mol. The average molecular weight is 265 g/mol. The lowest BCUT2D eigenvalue weighted by Gasteiger charge is -2.18. The van der Waals surface area contributed by atoms with Crippen LogP contribution in [0, 0.1) is 0 Å². The van der Waals surface area contributed by atoms with Crippen LogP contribution in [0.25, 0.3) is 0 Å². The zero-order chi connectivity index (χ0) is 14.3. The number of carbonyl (C=O) groups excluding carboxylic acids is 2. The molecule has 0 amide bonds. The summed E-state index contributed by atoms with van der Waals surface area (Å²) in [6.45, 7) is 0.0404. The zero-order valence-corrected chi connectivity index (χ0v) is 10.7. The molecular formula is C13H15NO5. The van der Waals surface area contributed by atoms with Crippen LogP contribution in [-0.4, -0.2) is 36.4 Å². The quantitative estimate of drug-likeness (QED) is 0.488. The van der Waals surface area contributed by atoms with Crippen molar-refractivity contribution in [2.45, 2.75) is 6.54 Å². The zero-order valence-electron chi connectivity index (χ0n) is 10.7. The molecule has 19 heavy (non-hydrogen) atoms. The van der Waals surface area contributed by atoms with Crippen LogP contribution in [0.5, 0.6) is 0 Å². The lowest BCUT2D eigenvalue weighted by molar-refractivity contribution is -0.148. The predicted octanol–water partition coefficient (Wildman–Crippen LogP) is 1.11. The van der Waals surface area contributed by atoms with Gasteiger partial charge in [0, 0.05) is 0 Å². The van der Waals surface area contributed by atoms with E-state index >= 15 is 0 Å². The molecule has 0 aromatic heterocycles. The number of rotatable bonds is 5. The number of methoxy groups -OCH3 is 2. The average Bonchev–Trinajstić information content (AvgIpc) is 2.44. The van der Waals surface area contributed by atoms with E-state index in [1.807, 2.05) is 6.07 Å². The second kappa shape index (κ2) is 7.17. The summed E-state index contributed by atoms with van der Waals surface area (Å²) in [5, 5.41) is 10.5. The van der Waals surface area contributed by atoms with Crippen molar-refractivity contribution in [3.05, 3.63) is 47.7 Å². The summed E-state index contributed by atoms with van der Waals surface area (Å²) >= 11 is 0. The first-order valence-electron chi connectivity index (χ1n) is 5.46. The third kappa shape index (κ3) is 4.44. The highest BCUT2D eigenvalue weighted by molar-refractivity contribution is 5.95. The van der Waals surface area contributed by atoms with Gasteiger partial charge in [0.25, 0.3) is 0 Å². The number of nitrogens with zero attached hydrogens (tertiary/aromatic N) is 1. The molecular weight excluding hydrogens is 250 g/mol. The molecule has 1 rings (SSSR count). The molecule has 0 aliphatic heterocycles. The summed E-state index contributed by atoms with van der Waals surface area (Å²) in [6.07, 6.45) is 0.870. The van der Waals surface area contributed by atoms with Crippen LogP contribution in [0.15, 0.2) is 42.1 Å². The van der Waals surface area contributed by atoms with Gasteiger partial charge in [0.1, 0.15) is 0 Å². The van der Waals surface area contributed by atoms with Crippen molar-refractivity contribution in [1.29, 1.82) is 0 Å². The van der Waals surface area contributed by atoms with E-state index in [0.29, 0.717) is 5.06 Å². The van der Waals surface area contributed by atoms with Gasteiger partial charge in [0.15, 0.2) is 5.70 Å². The molecule has 6 nitrogen and oxygen atoms in total. The van der Waals surface area contributed by atoms with E-state index in [4.69, 9.17) is 0 Å². The molecule has 0 fully saturated rings. The Bertz CT molecular complexity index is 469. The third-order valence-electron chi connectivity index (χ3n) is 2.30. The molecule has 0 aliphatic rings. The number of hydrogen-bond acceptors (Lipinski definition) is 6. The van der Waals surface area contributed by atoms with Gasteiger partial charge in [-0.2, -0.15) is 0 Å². The molecule has 0 atom stereocenters. The molecule has 1 N–H and O–H groups in total. The normalized spacial score (nSPS) is 10.8. The molecule has 0 unspecified atom stereocenters. The molecule has 0 spiro atoms. The monoisotopic (exact) mass is 265 g/mol. The number of carbonyl (C=O) groups is 2. The Kier molecular flexibility index (Phi) is 5.56. The maximum Gasteiger partial charge on any atom is 0.356 e. The molecule has 102 valence electrons. The summed E-state index contributed by atoms with van der Waals surface area (Å²) < 4.78 is 8.91. The largest absolute Gasteiger partial charge is 0.466 e. The number of hydrogen-bond donors (Lipinski definition) is 1. The van der Waals surface area contributed by atoms with Crippen LogP contribution in [0.4, 0.5) is 0 Å². The van der Waals surface area contributed by atoms with Gasteiger partial charge in [-0.25, -0.2) is 14.7 Å². The van der Waals surface area contributed by atoms with Gasteiger partial charge >= 0.3 is 11.9 Å². The first-order valence-corrected chi connectivity index (χ1v) is 5.46. The molecule has 0 aliphatic carbocycles. The van der Waals surface area contributed by atoms with Crippen LogP contribution in [0.1, 0.15) is 5.56 Å². The van der Waals surface area contributed by atoms with Crippen molar-refractivity contribution < 1.29 is 24.3 Å². The lowest BCUT2D eigenvalue weighted by Crippen LogP contribution is -2.26. The number of hydroxylamine groups is 2. The summed E-state index contributed by atoms with van der Waals surface area (Å²) in [5.74, 6) is -1.59. The molecule has 1 aromatic rings. The summed E-state index contributed by atoms with van der Waals surface area (Å²) in [5.41, 5.74) is 0.475. The van der Waals surface area contributed by atoms with Gasteiger partial charge in [0.05, 0.1) is 26.8 Å². The first-order chi connectivity index (χ1) is 9.08. The molecule has 1 aromatic carbocycles. The fourth-order valence-corrected chi connectivity index (χ4v) is 1.36. The highest BCUT2D eigenvalue weighted by atomic mass is 16.5. The van der Waals surface area contributed by atoms with Gasteiger partial charge in [-0.1, -0.05) is 30.3 Å². The SMILES string of the molecule is COC(=O)/C=C(\C(=O)OC)N(O)Cc1ccccc1. The van der Waals surface area contributed by atoms with E-state index < -0.39 is 11.9 Å². The van der Waals surface area contributed by atoms with Crippen molar-refractivity contribution in [3.63, 3.8) is 0 Å². The van der Waals surface area contributed by atoms with Crippen LogP contribution in [0.3, 0.4) is 0 Å². The smallest absolute Gasteiger partial charge is 0.356 e. The van der Waals surface area contributed by atoms with Crippen LogP contribution >= 0.6 is 0 Å². The topological polar surface area (TPSA) is 76.1 Å². The van der Waals surface area contributed by atoms with Gasteiger partial charge in [0.2, 0.25) is 0 Å². The number of ether oxygens (including phenoxy) is 2. The van der Waals surface area contributed by atoms with Crippen molar-refractivity contribution in [2.75, 3.05) is 14.2 Å². The minimum Gasteiger partial charge on any atom is -0.466 e. The standard InChI is InChI=1S/C13H15NO5/c1-18-12(15)8-11(13(16)19-2)14(17)9-10-6-4-3-5-7-10/h3-8,17H,9H2,1-2H3/b11-8+. The molecule has 0 saturated heterocycles. The van der Waals surface area contributed by atoms with E-state index in [9.17, 15) is 14.8 Å². The van der Waals surface area contributed by atoms with E-state index in [1.54, 1.807) is 24.3 Å². The van der Waals surface area contributed by atoms with Crippen molar-refractivity contribution >= 4 is 11.9 Å². The molecule has 6 heteroatoms. The third-order valence-corrected chi connectivity index (χ3v) is 2.30. The maximum atomic E-state index is 11.5. The second-order valence-electron chi connectivity index (χ2n) is 3.59. The van der Waals surface area contributed by atoms with E-state index in [2.05, 4.69) is 9.47 Å². The Balaban J connectivity index is 2.89. The van der Waals surface area contributed by atoms with E-state index in [0.717, 1.165) is 18.7 Å². The minimum atomic E-state index is -0.830. The summed E-state index contributed by atoms with van der Waals surface area (Å²) in [7, 11) is 2.33. The van der Waals surface area contributed by atoms with Crippen LogP contribution in [0.2, 0.25) is 0 Å². The minimum absolute atomic E-state index is 0.0404. The maximum absolute atomic E-state index is 11.5. The van der Waals surface area contributed by atoms with Gasteiger partial charge in [-0.3, -0.25) is 5.21 Å². The summed E-state index contributed by atoms with van der Waals surface area (Å²) in [4.78, 5) is 22.7. The van der Waals surface area contributed by atoms with Crippen molar-refractivity contribution in [2.24, 2.45) is 0 Å². The second-order valence-corrected chi connectivity index (χ2v) is 3.59. The van der Waals surface area contributed by atoms with E-state index in [1.165, 1.54) is 7.11 Å². The molecule has 0 saturated carbocycles. The Hall–Kier alpha value is -2.34. The molecule has 0 heterocycles. The van der Waals surface area contributed by atoms with Gasteiger partial charge in [-0.15, -0.1) is 0 Å². The van der Waals surface area contributed by atoms with Crippen molar-refractivity contribution in [1.82, 2.24) is 5.06 Å². The van der Waals surface area contributed by atoms with Gasteiger partial charge < -0.3 is 9.47 Å². The number of esters is 2. The van der Waals surface area contributed by atoms with Crippen molar-refractivity contribution in [3.8, 4) is 0 Å². The van der Waals surface area contributed by atoms with Crippen LogP contribution in [-0.2, 0) is 25.6 Å². The number of benzene rings is 1. The van der Waals surface area contributed by atoms with E-state index in [-0.39, 0.29) is 12.2 Å². The fraction of sp³-hybridized carbons (Fsp3) is 0.231. The lowest BCUT2D eigenvalue weighted by atomic mass is 10.2. The highest BCUT2D eigenvalue weighted by Crippen LogP contribution is 2.10.